The van der Waals surface area contributed by atoms with Gasteiger partial charge in [-0.05, 0) is 38.2 Å². The minimum atomic E-state index is -0.719. The molecule has 0 saturated carbocycles. The summed E-state index contributed by atoms with van der Waals surface area (Å²) < 4.78 is 0. The molecule has 3 nitrogen and oxygen atoms in total. The summed E-state index contributed by atoms with van der Waals surface area (Å²) in [6, 6.07) is 0. The molecule has 0 aliphatic carbocycles. The van der Waals surface area contributed by atoms with Gasteiger partial charge in [-0.3, -0.25) is 9.59 Å². The molecule has 0 aliphatic heterocycles. The molecule has 0 atom stereocenters. The van der Waals surface area contributed by atoms with Crippen LogP contribution in [-0.2, 0) is 9.59 Å². The van der Waals surface area contributed by atoms with Crippen LogP contribution in [0.25, 0.3) is 0 Å². The van der Waals surface area contributed by atoms with Gasteiger partial charge in [-0.2, -0.15) is 0 Å². The van der Waals surface area contributed by atoms with Gasteiger partial charge in [0.15, 0.2) is 5.78 Å². The summed E-state index contributed by atoms with van der Waals surface area (Å²) in [6.07, 6.45) is 17.9. The average molecular weight is 294 g/mol. The summed E-state index contributed by atoms with van der Waals surface area (Å²) in [5, 5.41) is 8.49. The monoisotopic (exact) mass is 294 g/mol. The number of hydrogen-bond acceptors (Lipinski definition) is 2. The highest BCUT2D eigenvalue weighted by molar-refractivity contribution is 5.90. The standard InChI is InChI=1S/C18H30O3/c1-2-3-4-5-8-11-14-17(19)15-12-9-6-7-10-13-16-18(20)21/h8,11-12,15H,2-7,9-10,13-14,16H2,1H3,(H,20,21). The highest BCUT2D eigenvalue weighted by atomic mass is 16.4. The van der Waals surface area contributed by atoms with E-state index in [1.54, 1.807) is 6.08 Å². The Bertz CT molecular complexity index is 329. The van der Waals surface area contributed by atoms with Gasteiger partial charge in [0.1, 0.15) is 0 Å². The van der Waals surface area contributed by atoms with Gasteiger partial charge < -0.3 is 5.11 Å². The summed E-state index contributed by atoms with van der Waals surface area (Å²) in [4.78, 5) is 21.9. The zero-order valence-corrected chi connectivity index (χ0v) is 13.4. The largest absolute Gasteiger partial charge is 0.481 e. The van der Waals surface area contributed by atoms with Crippen molar-refractivity contribution in [1.82, 2.24) is 0 Å². The second kappa shape index (κ2) is 15.0. The number of carbonyl (C=O) groups is 2. The first kappa shape index (κ1) is 19.6. The Labute approximate surface area is 129 Å². The van der Waals surface area contributed by atoms with Gasteiger partial charge in [0.05, 0.1) is 0 Å². The summed E-state index contributed by atoms with van der Waals surface area (Å²) in [6.45, 7) is 2.18. The van der Waals surface area contributed by atoms with Gasteiger partial charge in [-0.1, -0.05) is 50.8 Å². The lowest BCUT2D eigenvalue weighted by Crippen LogP contribution is -1.93. The van der Waals surface area contributed by atoms with Crippen LogP contribution in [-0.4, -0.2) is 16.9 Å². The van der Waals surface area contributed by atoms with E-state index in [0.717, 1.165) is 38.5 Å². The topological polar surface area (TPSA) is 54.4 Å². The van der Waals surface area contributed by atoms with Crippen LogP contribution < -0.4 is 0 Å². The molecular formula is C18H30O3. The number of ketones is 1. The highest BCUT2D eigenvalue weighted by Crippen LogP contribution is 2.06. The van der Waals surface area contributed by atoms with Crippen LogP contribution in [0.1, 0.15) is 77.6 Å². The second-order valence-electron chi connectivity index (χ2n) is 5.39. The zero-order valence-electron chi connectivity index (χ0n) is 13.4. The van der Waals surface area contributed by atoms with Crippen LogP contribution in [0.4, 0.5) is 0 Å². The van der Waals surface area contributed by atoms with Gasteiger partial charge in [-0.25, -0.2) is 0 Å². The number of carboxylic acid groups (broad SMARTS) is 1. The van der Waals surface area contributed by atoms with Gasteiger partial charge >= 0.3 is 5.97 Å². The first-order valence-corrected chi connectivity index (χ1v) is 8.23. The first-order chi connectivity index (χ1) is 10.2. The lowest BCUT2D eigenvalue weighted by Gasteiger charge is -1.96. The molecule has 0 fully saturated rings. The molecule has 0 heterocycles. The van der Waals surface area contributed by atoms with Crippen LogP contribution in [0.2, 0.25) is 0 Å². The fourth-order valence-corrected chi connectivity index (χ4v) is 2.00. The van der Waals surface area contributed by atoms with Crippen molar-refractivity contribution >= 4 is 11.8 Å². The maximum atomic E-state index is 11.5. The number of unbranched alkanes of at least 4 members (excludes halogenated alkanes) is 7. The number of carbonyl (C=O) groups excluding carboxylic acids is 1. The minimum Gasteiger partial charge on any atom is -0.481 e. The molecule has 0 bridgehead atoms. The Morgan fingerprint density at radius 1 is 0.857 bits per heavy atom. The molecule has 1 N–H and O–H groups in total. The van der Waals surface area contributed by atoms with Crippen molar-refractivity contribution < 1.29 is 14.7 Å². The normalized spacial score (nSPS) is 11.5. The number of rotatable bonds is 14. The van der Waals surface area contributed by atoms with E-state index < -0.39 is 5.97 Å². The molecule has 0 unspecified atom stereocenters. The van der Waals surface area contributed by atoms with E-state index >= 15 is 0 Å². The lowest BCUT2D eigenvalue weighted by atomic mass is 10.1. The SMILES string of the molecule is CCCCCC=CCC(=O)C=CCCCCCCC(=O)O. The third-order valence-electron chi connectivity index (χ3n) is 3.28. The van der Waals surface area contributed by atoms with Crippen molar-refractivity contribution in [3.8, 4) is 0 Å². The number of allylic oxidation sites excluding steroid dienone is 4. The van der Waals surface area contributed by atoms with E-state index in [4.69, 9.17) is 5.11 Å². The first-order valence-electron chi connectivity index (χ1n) is 8.23. The Morgan fingerprint density at radius 2 is 1.52 bits per heavy atom. The average Bonchev–Trinajstić information content (AvgIpc) is 2.45. The van der Waals surface area contributed by atoms with Crippen LogP contribution in [0, 0.1) is 0 Å². The Morgan fingerprint density at radius 3 is 2.24 bits per heavy atom. The molecule has 0 aromatic rings. The number of carboxylic acids is 1. The van der Waals surface area contributed by atoms with Crippen molar-refractivity contribution in [2.75, 3.05) is 0 Å². The van der Waals surface area contributed by atoms with Crippen LogP contribution in [0.3, 0.4) is 0 Å². The summed E-state index contributed by atoms with van der Waals surface area (Å²) in [5.74, 6) is -0.559. The molecule has 0 amide bonds. The quantitative estimate of drug-likeness (QED) is 0.277. The van der Waals surface area contributed by atoms with Gasteiger partial charge in [-0.15, -0.1) is 0 Å². The lowest BCUT2D eigenvalue weighted by molar-refractivity contribution is -0.137. The van der Waals surface area contributed by atoms with E-state index in [-0.39, 0.29) is 12.2 Å². The molecule has 0 spiro atoms. The Kier molecular flexibility index (Phi) is 14.0. The smallest absolute Gasteiger partial charge is 0.303 e. The molecule has 0 aromatic carbocycles. The summed E-state index contributed by atoms with van der Waals surface area (Å²) in [5.41, 5.74) is 0. The maximum absolute atomic E-state index is 11.5. The molecule has 0 aromatic heterocycles. The molecule has 120 valence electrons. The van der Waals surface area contributed by atoms with E-state index in [2.05, 4.69) is 13.0 Å². The van der Waals surface area contributed by atoms with Gasteiger partial charge in [0.25, 0.3) is 0 Å². The maximum Gasteiger partial charge on any atom is 0.303 e. The van der Waals surface area contributed by atoms with Gasteiger partial charge in [0.2, 0.25) is 0 Å². The minimum absolute atomic E-state index is 0.160. The molecule has 0 aliphatic rings. The second-order valence-corrected chi connectivity index (χ2v) is 5.39. The van der Waals surface area contributed by atoms with E-state index in [1.165, 1.54) is 19.3 Å². The van der Waals surface area contributed by atoms with Crippen molar-refractivity contribution in [3.63, 3.8) is 0 Å². The molecule has 0 saturated heterocycles. The third-order valence-corrected chi connectivity index (χ3v) is 3.28. The molecular weight excluding hydrogens is 264 g/mol. The van der Waals surface area contributed by atoms with Crippen LogP contribution in [0.15, 0.2) is 24.3 Å². The third kappa shape index (κ3) is 16.6. The molecule has 0 radical (unpaired) electrons. The fraction of sp³-hybridized carbons (Fsp3) is 0.667. The zero-order chi connectivity index (χ0) is 15.8. The van der Waals surface area contributed by atoms with E-state index in [0.29, 0.717) is 6.42 Å². The van der Waals surface area contributed by atoms with Crippen molar-refractivity contribution in [2.45, 2.75) is 77.6 Å². The van der Waals surface area contributed by atoms with Crippen molar-refractivity contribution in [2.24, 2.45) is 0 Å². The van der Waals surface area contributed by atoms with E-state index in [1.807, 2.05) is 12.2 Å². The van der Waals surface area contributed by atoms with Crippen LogP contribution >= 0.6 is 0 Å². The Balaban J connectivity index is 3.43. The number of aliphatic carboxylic acids is 1. The van der Waals surface area contributed by atoms with Gasteiger partial charge in [0, 0.05) is 12.8 Å². The molecule has 3 heteroatoms. The summed E-state index contributed by atoms with van der Waals surface area (Å²) >= 11 is 0. The van der Waals surface area contributed by atoms with Crippen molar-refractivity contribution in [1.29, 1.82) is 0 Å². The highest BCUT2D eigenvalue weighted by Gasteiger charge is 1.96. The fourth-order valence-electron chi connectivity index (χ4n) is 2.00. The van der Waals surface area contributed by atoms with Crippen molar-refractivity contribution in [3.05, 3.63) is 24.3 Å². The predicted molar refractivity (Wildman–Crippen MR) is 87.4 cm³/mol. The number of hydrogen-bond donors (Lipinski definition) is 1. The Hall–Kier alpha value is -1.38. The predicted octanol–water partition coefficient (Wildman–Crippen LogP) is 5.06. The molecule has 21 heavy (non-hydrogen) atoms. The molecule has 0 rings (SSSR count). The van der Waals surface area contributed by atoms with Crippen LogP contribution in [0.5, 0.6) is 0 Å². The van der Waals surface area contributed by atoms with E-state index in [9.17, 15) is 9.59 Å². The summed E-state index contributed by atoms with van der Waals surface area (Å²) in [7, 11) is 0.